The van der Waals surface area contributed by atoms with Crippen LogP contribution >= 0.6 is 0 Å². The average molecular weight is 273 g/mol. The van der Waals surface area contributed by atoms with Crippen molar-refractivity contribution in [3.05, 3.63) is 58.2 Å². The molecule has 4 heteroatoms. The highest BCUT2D eigenvalue weighted by Gasteiger charge is 2.18. The van der Waals surface area contributed by atoms with Gasteiger partial charge in [0.1, 0.15) is 5.82 Å². The van der Waals surface area contributed by atoms with Crippen LogP contribution in [0.4, 0.5) is 4.39 Å². The molecule has 1 aromatic heterocycles. The largest absolute Gasteiger partial charge is 0.309 e. The zero-order valence-electron chi connectivity index (χ0n) is 12.4. The normalized spacial score (nSPS) is 12.4. The van der Waals surface area contributed by atoms with E-state index >= 15 is 0 Å². The van der Waals surface area contributed by atoms with Gasteiger partial charge in [-0.25, -0.2) is 4.39 Å². The van der Waals surface area contributed by atoms with Gasteiger partial charge >= 0.3 is 0 Å². The maximum atomic E-state index is 13.3. The minimum Gasteiger partial charge on any atom is -0.309 e. The van der Waals surface area contributed by atoms with Crippen molar-refractivity contribution >= 4 is 0 Å². The van der Waals surface area contributed by atoms with Crippen molar-refractivity contribution in [2.45, 2.75) is 33.2 Å². The molecule has 1 heterocycles. The van der Waals surface area contributed by atoms with Gasteiger partial charge in [-0.1, -0.05) is 13.0 Å². The van der Waals surface area contributed by atoms with E-state index in [4.69, 9.17) is 0 Å². The fourth-order valence-electron chi connectivity index (χ4n) is 2.50. The molecule has 2 rings (SSSR count). The molecular formula is C16H20FN3. The average Bonchev–Trinajstić information content (AvgIpc) is 2.42. The van der Waals surface area contributed by atoms with Crippen molar-refractivity contribution in [3.63, 3.8) is 0 Å². The van der Waals surface area contributed by atoms with Gasteiger partial charge in [0.05, 0.1) is 17.4 Å². The second-order valence-electron chi connectivity index (χ2n) is 4.96. The third-order valence-electron chi connectivity index (χ3n) is 3.50. The van der Waals surface area contributed by atoms with Crippen molar-refractivity contribution in [3.8, 4) is 0 Å². The van der Waals surface area contributed by atoms with E-state index in [2.05, 4.69) is 28.5 Å². The van der Waals surface area contributed by atoms with Gasteiger partial charge in [0.2, 0.25) is 0 Å². The Kier molecular flexibility index (Phi) is 4.45. The van der Waals surface area contributed by atoms with Gasteiger partial charge in [0.15, 0.2) is 0 Å². The molecule has 1 aromatic carbocycles. The van der Waals surface area contributed by atoms with Gasteiger partial charge in [-0.3, -0.25) is 0 Å². The molecular weight excluding hydrogens is 253 g/mol. The highest BCUT2D eigenvalue weighted by atomic mass is 19.1. The fourth-order valence-corrected chi connectivity index (χ4v) is 2.50. The summed E-state index contributed by atoms with van der Waals surface area (Å²) in [6.45, 7) is 5.92. The Balaban J connectivity index is 2.54. The smallest absolute Gasteiger partial charge is 0.123 e. The lowest BCUT2D eigenvalue weighted by molar-refractivity contribution is 0.619. The molecule has 1 N–H and O–H groups in total. The fraction of sp³-hybridized carbons (Fsp3) is 0.375. The number of benzene rings is 1. The molecule has 1 unspecified atom stereocenters. The maximum absolute atomic E-state index is 13.3. The molecule has 0 saturated carbocycles. The van der Waals surface area contributed by atoms with Crippen LogP contribution in [0.3, 0.4) is 0 Å². The summed E-state index contributed by atoms with van der Waals surface area (Å²) in [5.41, 5.74) is 4.96. The van der Waals surface area contributed by atoms with Crippen LogP contribution in [-0.2, 0) is 6.42 Å². The Bertz CT molecular complexity index is 611. The minimum atomic E-state index is -0.208. The van der Waals surface area contributed by atoms with Crippen LogP contribution in [0.2, 0.25) is 0 Å². The number of halogens is 1. The zero-order valence-corrected chi connectivity index (χ0v) is 12.4. The Labute approximate surface area is 119 Å². The molecule has 0 fully saturated rings. The number of hydrogen-bond acceptors (Lipinski definition) is 3. The van der Waals surface area contributed by atoms with Gasteiger partial charge in [-0.05, 0) is 62.2 Å². The first kappa shape index (κ1) is 14.6. The standard InChI is InChI=1S/C16H20FN3/c1-5-15-14(9-11(3)19-20-15)16(18-4)13-7-6-12(17)8-10(13)2/h6-9,16,18H,5H2,1-4H3. The lowest BCUT2D eigenvalue weighted by Gasteiger charge is -2.21. The van der Waals surface area contributed by atoms with Crippen LogP contribution in [0.15, 0.2) is 24.3 Å². The Morgan fingerprint density at radius 1 is 1.15 bits per heavy atom. The maximum Gasteiger partial charge on any atom is 0.123 e. The Hall–Kier alpha value is -1.81. The predicted octanol–water partition coefficient (Wildman–Crippen LogP) is 3.10. The van der Waals surface area contributed by atoms with Crippen LogP contribution in [0.1, 0.15) is 41.0 Å². The summed E-state index contributed by atoms with van der Waals surface area (Å²) in [7, 11) is 1.91. The van der Waals surface area contributed by atoms with Crippen LogP contribution < -0.4 is 5.32 Å². The van der Waals surface area contributed by atoms with E-state index in [0.29, 0.717) is 0 Å². The van der Waals surface area contributed by atoms with Crippen LogP contribution in [-0.4, -0.2) is 17.2 Å². The van der Waals surface area contributed by atoms with Crippen molar-refractivity contribution in [1.29, 1.82) is 0 Å². The first-order valence-electron chi connectivity index (χ1n) is 6.83. The molecule has 20 heavy (non-hydrogen) atoms. The van der Waals surface area contributed by atoms with E-state index in [1.54, 1.807) is 6.07 Å². The number of aryl methyl sites for hydroxylation is 3. The summed E-state index contributed by atoms with van der Waals surface area (Å²) in [5.74, 6) is -0.208. The molecule has 0 spiro atoms. The van der Waals surface area contributed by atoms with Crippen LogP contribution in [0.25, 0.3) is 0 Å². The summed E-state index contributed by atoms with van der Waals surface area (Å²) in [5, 5.41) is 11.7. The lowest BCUT2D eigenvalue weighted by Crippen LogP contribution is -2.21. The number of nitrogens with zero attached hydrogens (tertiary/aromatic N) is 2. The molecule has 0 radical (unpaired) electrons. The highest BCUT2D eigenvalue weighted by Crippen LogP contribution is 2.27. The molecule has 0 aliphatic carbocycles. The zero-order chi connectivity index (χ0) is 14.7. The summed E-state index contributed by atoms with van der Waals surface area (Å²) >= 11 is 0. The molecule has 0 amide bonds. The monoisotopic (exact) mass is 273 g/mol. The molecule has 2 aromatic rings. The summed E-state index contributed by atoms with van der Waals surface area (Å²) in [6.07, 6.45) is 0.820. The van der Waals surface area contributed by atoms with E-state index in [0.717, 1.165) is 34.5 Å². The van der Waals surface area contributed by atoms with Crippen molar-refractivity contribution < 1.29 is 4.39 Å². The van der Waals surface area contributed by atoms with Gasteiger partial charge in [0.25, 0.3) is 0 Å². The van der Waals surface area contributed by atoms with Gasteiger partial charge in [-0.15, -0.1) is 0 Å². The van der Waals surface area contributed by atoms with Crippen LogP contribution in [0, 0.1) is 19.7 Å². The topological polar surface area (TPSA) is 37.8 Å². The molecule has 0 aliphatic rings. The third kappa shape index (κ3) is 2.85. The molecule has 0 bridgehead atoms. The van der Waals surface area contributed by atoms with Gasteiger partial charge < -0.3 is 5.32 Å². The quantitative estimate of drug-likeness (QED) is 0.930. The number of aromatic nitrogens is 2. The first-order chi connectivity index (χ1) is 9.56. The second kappa shape index (κ2) is 6.09. The lowest BCUT2D eigenvalue weighted by atomic mass is 9.93. The molecule has 0 aliphatic heterocycles. The minimum absolute atomic E-state index is 0.000231. The molecule has 0 saturated heterocycles. The number of rotatable bonds is 4. The first-order valence-corrected chi connectivity index (χ1v) is 6.83. The van der Waals surface area contributed by atoms with Crippen molar-refractivity contribution in [2.24, 2.45) is 0 Å². The summed E-state index contributed by atoms with van der Waals surface area (Å²) in [6, 6.07) is 6.95. The van der Waals surface area contributed by atoms with Gasteiger partial charge in [0, 0.05) is 0 Å². The summed E-state index contributed by atoms with van der Waals surface area (Å²) < 4.78 is 13.3. The van der Waals surface area contributed by atoms with E-state index in [1.165, 1.54) is 6.07 Å². The van der Waals surface area contributed by atoms with E-state index < -0.39 is 0 Å². The Morgan fingerprint density at radius 3 is 2.50 bits per heavy atom. The second-order valence-corrected chi connectivity index (χ2v) is 4.96. The van der Waals surface area contributed by atoms with Crippen molar-refractivity contribution in [1.82, 2.24) is 15.5 Å². The van der Waals surface area contributed by atoms with E-state index in [9.17, 15) is 4.39 Å². The number of hydrogen-bond donors (Lipinski definition) is 1. The predicted molar refractivity (Wildman–Crippen MR) is 78.2 cm³/mol. The number of nitrogens with one attached hydrogen (secondary N) is 1. The molecule has 1 atom stereocenters. The SMILES string of the molecule is CCc1nnc(C)cc1C(NC)c1ccc(F)cc1C. The van der Waals surface area contributed by atoms with Crippen LogP contribution in [0.5, 0.6) is 0 Å². The molecule has 106 valence electrons. The summed E-state index contributed by atoms with van der Waals surface area (Å²) in [4.78, 5) is 0. The van der Waals surface area contributed by atoms with Crippen molar-refractivity contribution in [2.75, 3.05) is 7.05 Å². The third-order valence-corrected chi connectivity index (χ3v) is 3.50. The van der Waals surface area contributed by atoms with Gasteiger partial charge in [-0.2, -0.15) is 10.2 Å². The molecule has 3 nitrogen and oxygen atoms in total. The van der Waals surface area contributed by atoms with E-state index in [1.807, 2.05) is 27.0 Å². The Morgan fingerprint density at radius 2 is 1.90 bits per heavy atom. The van der Waals surface area contributed by atoms with E-state index in [-0.39, 0.29) is 11.9 Å². The highest BCUT2D eigenvalue weighted by molar-refractivity contribution is 5.39.